The van der Waals surface area contributed by atoms with Gasteiger partial charge in [0.05, 0.1) is 4.91 Å². The minimum absolute atomic E-state index is 0.172. The number of ether oxygens (including phenoxy) is 1. The van der Waals surface area contributed by atoms with Gasteiger partial charge in [-0.1, -0.05) is 41.6 Å². The molecule has 0 aliphatic carbocycles. The Labute approximate surface area is 151 Å². The molecule has 1 N–H and O–H groups in total. The van der Waals surface area contributed by atoms with Crippen LogP contribution in [0, 0.1) is 13.8 Å². The lowest BCUT2D eigenvalue weighted by molar-refractivity contribution is -0.115. The molecule has 0 bridgehead atoms. The minimum Gasteiger partial charge on any atom is -0.485 e. The predicted molar refractivity (Wildman–Crippen MR) is 103 cm³/mol. The van der Waals surface area contributed by atoms with Crippen molar-refractivity contribution in [3.63, 3.8) is 0 Å². The van der Waals surface area contributed by atoms with E-state index in [-0.39, 0.29) is 5.91 Å². The van der Waals surface area contributed by atoms with Gasteiger partial charge in [0.15, 0.2) is 0 Å². The molecule has 0 unspecified atom stereocenters. The molecule has 1 aliphatic rings. The topological polar surface area (TPSA) is 51.5 Å². The quantitative estimate of drug-likeness (QED) is 0.517. The highest BCUT2D eigenvalue weighted by Gasteiger charge is 2.22. The van der Waals surface area contributed by atoms with Crippen molar-refractivity contribution in [1.29, 1.82) is 0 Å². The summed E-state index contributed by atoms with van der Waals surface area (Å²) < 4.78 is 12.0. The molecule has 122 valence electrons. The molecule has 0 spiro atoms. The number of amides is 1. The fourth-order valence-corrected chi connectivity index (χ4v) is 3.38. The van der Waals surface area contributed by atoms with E-state index in [4.69, 9.17) is 21.4 Å². The molecule has 1 fully saturated rings. The highest BCUT2D eigenvalue weighted by Crippen LogP contribution is 2.29. The Morgan fingerprint density at radius 3 is 2.79 bits per heavy atom. The van der Waals surface area contributed by atoms with Crippen molar-refractivity contribution >= 4 is 53.6 Å². The Balaban J connectivity index is 1.84. The maximum atomic E-state index is 11.9. The first-order valence-corrected chi connectivity index (χ1v) is 8.69. The normalized spacial score (nSPS) is 15.8. The van der Waals surface area contributed by atoms with E-state index < -0.39 is 0 Å². The van der Waals surface area contributed by atoms with Crippen LogP contribution in [0.5, 0.6) is 5.75 Å². The molecule has 0 radical (unpaired) electrons. The Bertz CT molecular complexity index is 838. The number of hydrogen-bond acceptors (Lipinski definition) is 5. The highest BCUT2D eigenvalue weighted by molar-refractivity contribution is 8.26. The molecular weight excluding hydrogens is 341 g/mol. The molecule has 3 rings (SSSR count). The standard InChI is InChI=1S/C17H16BNO3S2/c1-9-5-13(22-10(9)2)8-21-14-4-3-12(18)6-11(14)7-15-16(20)19-17(23)24-15/h3-7H,8,18H2,1-2H3,(H,19,20,23)/b15-7-. The smallest absolute Gasteiger partial charge is 0.263 e. The third kappa shape index (κ3) is 3.74. The summed E-state index contributed by atoms with van der Waals surface area (Å²) >= 11 is 6.28. The van der Waals surface area contributed by atoms with Crippen molar-refractivity contribution in [1.82, 2.24) is 5.32 Å². The van der Waals surface area contributed by atoms with Gasteiger partial charge in [-0.2, -0.15) is 0 Å². The molecule has 2 aromatic rings. The van der Waals surface area contributed by atoms with Crippen LogP contribution in [0.25, 0.3) is 6.08 Å². The van der Waals surface area contributed by atoms with Crippen LogP contribution in [0.3, 0.4) is 0 Å². The van der Waals surface area contributed by atoms with Gasteiger partial charge in [-0.25, -0.2) is 0 Å². The zero-order chi connectivity index (χ0) is 17.3. The van der Waals surface area contributed by atoms with Gasteiger partial charge in [-0.15, -0.1) is 0 Å². The van der Waals surface area contributed by atoms with Crippen LogP contribution in [0.4, 0.5) is 0 Å². The average molecular weight is 357 g/mol. The maximum Gasteiger partial charge on any atom is 0.263 e. The zero-order valence-corrected chi connectivity index (χ0v) is 15.3. The number of thioether (sulfide) groups is 1. The summed E-state index contributed by atoms with van der Waals surface area (Å²) in [7, 11) is 2.00. The van der Waals surface area contributed by atoms with E-state index in [9.17, 15) is 4.79 Å². The first-order chi connectivity index (χ1) is 11.4. The molecular formula is C17H16BNO3S2. The Morgan fingerprint density at radius 1 is 1.38 bits per heavy atom. The zero-order valence-electron chi connectivity index (χ0n) is 13.6. The van der Waals surface area contributed by atoms with Gasteiger partial charge in [0.1, 0.15) is 36.0 Å². The summed E-state index contributed by atoms with van der Waals surface area (Å²) in [4.78, 5) is 12.4. The number of furan rings is 1. The molecule has 7 heteroatoms. The fraction of sp³-hybridized carbons (Fsp3) is 0.176. The van der Waals surface area contributed by atoms with Crippen molar-refractivity contribution in [2.75, 3.05) is 0 Å². The molecule has 0 atom stereocenters. The van der Waals surface area contributed by atoms with Crippen LogP contribution in [0.2, 0.25) is 0 Å². The van der Waals surface area contributed by atoms with Crippen LogP contribution in [-0.2, 0) is 11.4 Å². The van der Waals surface area contributed by atoms with Gasteiger partial charge in [0.2, 0.25) is 0 Å². The van der Waals surface area contributed by atoms with Crippen molar-refractivity contribution < 1.29 is 13.9 Å². The summed E-state index contributed by atoms with van der Waals surface area (Å²) in [5.74, 6) is 2.20. The molecule has 0 saturated carbocycles. The number of carbonyl (C=O) groups excluding carboxylic acids is 1. The second-order valence-electron chi connectivity index (χ2n) is 5.63. The van der Waals surface area contributed by atoms with Gasteiger partial charge < -0.3 is 14.5 Å². The number of nitrogens with one attached hydrogen (secondary N) is 1. The summed E-state index contributed by atoms with van der Waals surface area (Å²) in [5.41, 5.74) is 3.04. The molecule has 2 heterocycles. The predicted octanol–water partition coefficient (Wildman–Crippen LogP) is 2.22. The number of hydrogen-bond donors (Lipinski definition) is 1. The molecule has 1 aromatic heterocycles. The van der Waals surface area contributed by atoms with Crippen molar-refractivity contribution in [3.8, 4) is 5.75 Å². The van der Waals surface area contributed by atoms with Crippen LogP contribution >= 0.6 is 24.0 Å². The SMILES string of the molecule is Bc1ccc(OCc2cc(C)c(C)o2)c(/C=C2\SC(=S)NC2=O)c1. The lowest BCUT2D eigenvalue weighted by atomic mass is 9.94. The molecule has 1 aromatic carbocycles. The lowest BCUT2D eigenvalue weighted by Gasteiger charge is -2.09. The average Bonchev–Trinajstić information content (AvgIpc) is 3.00. The maximum absolute atomic E-state index is 11.9. The third-order valence-electron chi connectivity index (χ3n) is 3.68. The molecule has 1 amide bonds. The third-order valence-corrected chi connectivity index (χ3v) is 4.84. The fourth-order valence-electron chi connectivity index (χ4n) is 2.34. The van der Waals surface area contributed by atoms with Crippen LogP contribution in [0.1, 0.15) is 22.6 Å². The van der Waals surface area contributed by atoms with E-state index in [1.54, 1.807) is 6.08 Å². The largest absolute Gasteiger partial charge is 0.485 e. The molecule has 1 aliphatic heterocycles. The van der Waals surface area contributed by atoms with Crippen LogP contribution in [-0.4, -0.2) is 18.1 Å². The number of rotatable bonds is 4. The molecule has 4 nitrogen and oxygen atoms in total. The number of benzene rings is 1. The Morgan fingerprint density at radius 2 is 2.17 bits per heavy atom. The number of aryl methyl sites for hydroxylation is 2. The van der Waals surface area contributed by atoms with E-state index in [0.717, 1.165) is 28.1 Å². The molecule has 24 heavy (non-hydrogen) atoms. The molecule has 1 saturated heterocycles. The van der Waals surface area contributed by atoms with Crippen molar-refractivity contribution in [3.05, 3.63) is 51.8 Å². The van der Waals surface area contributed by atoms with E-state index in [1.165, 1.54) is 11.8 Å². The van der Waals surface area contributed by atoms with Crippen molar-refractivity contribution in [2.24, 2.45) is 0 Å². The van der Waals surface area contributed by atoms with E-state index in [1.807, 2.05) is 46.0 Å². The van der Waals surface area contributed by atoms with Crippen LogP contribution < -0.4 is 15.5 Å². The first-order valence-electron chi connectivity index (χ1n) is 7.46. The van der Waals surface area contributed by atoms with Gasteiger partial charge >= 0.3 is 0 Å². The van der Waals surface area contributed by atoms with E-state index in [2.05, 4.69) is 5.32 Å². The minimum atomic E-state index is -0.172. The number of thiocarbonyl (C=S) groups is 1. The summed E-state index contributed by atoms with van der Waals surface area (Å²) in [5, 5.41) is 2.62. The summed E-state index contributed by atoms with van der Waals surface area (Å²) in [6, 6.07) is 7.83. The van der Waals surface area contributed by atoms with Crippen LogP contribution in [0.15, 0.2) is 33.6 Å². The lowest BCUT2D eigenvalue weighted by Crippen LogP contribution is -2.17. The highest BCUT2D eigenvalue weighted by atomic mass is 32.2. The summed E-state index contributed by atoms with van der Waals surface area (Å²) in [6.07, 6.45) is 1.81. The van der Waals surface area contributed by atoms with Crippen molar-refractivity contribution in [2.45, 2.75) is 20.5 Å². The summed E-state index contributed by atoms with van der Waals surface area (Å²) in [6.45, 7) is 4.27. The second-order valence-corrected chi connectivity index (χ2v) is 7.35. The van der Waals surface area contributed by atoms with E-state index >= 15 is 0 Å². The van der Waals surface area contributed by atoms with Gasteiger partial charge in [-0.3, -0.25) is 4.79 Å². The first kappa shape index (κ1) is 16.9. The second kappa shape index (κ2) is 6.87. The van der Waals surface area contributed by atoms with Gasteiger partial charge in [0.25, 0.3) is 5.91 Å². The number of carbonyl (C=O) groups is 1. The Kier molecular flexibility index (Phi) is 4.82. The monoisotopic (exact) mass is 357 g/mol. The Hall–Kier alpha value is -1.99. The van der Waals surface area contributed by atoms with Gasteiger partial charge in [0, 0.05) is 5.56 Å². The van der Waals surface area contributed by atoms with Gasteiger partial charge in [-0.05, 0) is 37.6 Å². The van der Waals surface area contributed by atoms with E-state index in [0.29, 0.717) is 21.6 Å².